The van der Waals surface area contributed by atoms with Crippen LogP contribution in [0.5, 0.6) is 0 Å². The van der Waals surface area contributed by atoms with Gasteiger partial charge in [0.15, 0.2) is 5.96 Å². The summed E-state index contributed by atoms with van der Waals surface area (Å²) in [6.45, 7) is 7.98. The monoisotopic (exact) mass is 484 g/mol. The Morgan fingerprint density at radius 2 is 2.00 bits per heavy atom. The van der Waals surface area contributed by atoms with E-state index in [-0.39, 0.29) is 42.0 Å². The Bertz CT molecular complexity index is 643. The molecule has 1 heterocycles. The van der Waals surface area contributed by atoms with Crippen LogP contribution in [0.25, 0.3) is 0 Å². The number of anilines is 1. The van der Waals surface area contributed by atoms with E-state index in [1.165, 1.54) is 12.1 Å². The molecule has 0 spiro atoms. The van der Waals surface area contributed by atoms with Gasteiger partial charge in [0.1, 0.15) is 0 Å². The van der Waals surface area contributed by atoms with Crippen LogP contribution in [-0.4, -0.2) is 38.8 Å². The van der Waals surface area contributed by atoms with Gasteiger partial charge in [0.05, 0.1) is 25.3 Å². The fraction of sp³-hybridized carbons (Fsp3) is 0.471. The standard InChI is InChI=1S/C17H23F3N4O.HI/c1-12(2)10-22-16(21)23-11-13-3-4-14(9-15(13)17(18,19)20)24-5-7-25-8-6-24;/h3-4,9H,1,5-8,10-11H2,2H3,(H3,21,22,23);1H. The van der Waals surface area contributed by atoms with Gasteiger partial charge in [-0.15, -0.1) is 24.0 Å². The second-order valence-corrected chi connectivity index (χ2v) is 5.95. The maximum atomic E-state index is 13.4. The van der Waals surface area contributed by atoms with Crippen LogP contribution in [0.1, 0.15) is 18.1 Å². The molecule has 146 valence electrons. The second-order valence-electron chi connectivity index (χ2n) is 5.95. The third-order valence-electron chi connectivity index (χ3n) is 3.77. The van der Waals surface area contributed by atoms with E-state index in [1.54, 1.807) is 6.07 Å². The van der Waals surface area contributed by atoms with Crippen LogP contribution < -0.4 is 16.0 Å². The van der Waals surface area contributed by atoms with Crippen LogP contribution >= 0.6 is 24.0 Å². The third-order valence-corrected chi connectivity index (χ3v) is 3.77. The number of hydrogen-bond donors (Lipinski definition) is 2. The van der Waals surface area contributed by atoms with E-state index in [2.05, 4.69) is 16.9 Å². The zero-order valence-electron chi connectivity index (χ0n) is 14.6. The molecule has 0 saturated carbocycles. The number of rotatable bonds is 5. The number of nitrogens with one attached hydrogen (secondary N) is 1. The van der Waals surface area contributed by atoms with E-state index in [9.17, 15) is 13.2 Å². The van der Waals surface area contributed by atoms with Gasteiger partial charge < -0.3 is 20.7 Å². The van der Waals surface area contributed by atoms with Crippen molar-refractivity contribution in [3.63, 3.8) is 0 Å². The average molecular weight is 484 g/mol. The SMILES string of the molecule is C=C(C)CNC(N)=NCc1ccc(N2CCOCC2)cc1C(F)(F)F.I. The summed E-state index contributed by atoms with van der Waals surface area (Å²) in [5, 5.41) is 2.80. The molecular weight excluding hydrogens is 460 g/mol. The van der Waals surface area contributed by atoms with Crippen molar-refractivity contribution in [2.24, 2.45) is 10.7 Å². The molecule has 9 heteroatoms. The lowest BCUT2D eigenvalue weighted by Crippen LogP contribution is -2.36. The number of hydrogen-bond acceptors (Lipinski definition) is 3. The molecule has 0 atom stereocenters. The molecule has 0 amide bonds. The molecule has 1 fully saturated rings. The minimum atomic E-state index is -4.45. The predicted molar refractivity (Wildman–Crippen MR) is 108 cm³/mol. The van der Waals surface area contributed by atoms with Crippen molar-refractivity contribution < 1.29 is 17.9 Å². The predicted octanol–water partition coefficient (Wildman–Crippen LogP) is 3.14. The smallest absolute Gasteiger partial charge is 0.378 e. The number of aliphatic imine (C=N–C) groups is 1. The molecule has 1 saturated heterocycles. The fourth-order valence-corrected chi connectivity index (χ4v) is 2.45. The number of morpholine rings is 1. The number of halogens is 4. The fourth-order valence-electron chi connectivity index (χ4n) is 2.45. The molecule has 0 unspecified atom stereocenters. The molecular formula is C17H24F3IN4O. The normalized spacial score (nSPS) is 15.4. The number of alkyl halides is 3. The number of benzene rings is 1. The summed E-state index contributed by atoms with van der Waals surface area (Å²) in [6.07, 6.45) is -4.45. The van der Waals surface area contributed by atoms with Crippen molar-refractivity contribution in [1.29, 1.82) is 0 Å². The Balaban J connectivity index is 0.00000338. The van der Waals surface area contributed by atoms with Crippen LogP contribution in [0.4, 0.5) is 18.9 Å². The quantitative estimate of drug-likeness (QED) is 0.292. The molecule has 5 nitrogen and oxygen atoms in total. The molecule has 1 aliphatic rings. The van der Waals surface area contributed by atoms with Gasteiger partial charge in [0, 0.05) is 25.3 Å². The molecule has 0 aliphatic carbocycles. The summed E-state index contributed by atoms with van der Waals surface area (Å²) >= 11 is 0. The van der Waals surface area contributed by atoms with Crippen molar-refractivity contribution in [3.05, 3.63) is 41.5 Å². The summed E-state index contributed by atoms with van der Waals surface area (Å²) in [5.74, 6) is 0.0911. The van der Waals surface area contributed by atoms with Crippen molar-refractivity contribution in [3.8, 4) is 0 Å². The summed E-state index contributed by atoms with van der Waals surface area (Å²) in [6, 6.07) is 4.32. The van der Waals surface area contributed by atoms with Crippen molar-refractivity contribution in [2.75, 3.05) is 37.7 Å². The Morgan fingerprint density at radius 3 is 2.58 bits per heavy atom. The lowest BCUT2D eigenvalue weighted by atomic mass is 10.1. The van der Waals surface area contributed by atoms with Gasteiger partial charge >= 0.3 is 6.18 Å². The summed E-state index contributed by atoms with van der Waals surface area (Å²) < 4.78 is 45.5. The first-order valence-corrected chi connectivity index (χ1v) is 7.98. The van der Waals surface area contributed by atoms with Crippen molar-refractivity contribution in [2.45, 2.75) is 19.6 Å². The molecule has 0 bridgehead atoms. The van der Waals surface area contributed by atoms with Crippen molar-refractivity contribution >= 4 is 35.6 Å². The van der Waals surface area contributed by atoms with Gasteiger partial charge in [-0.1, -0.05) is 18.2 Å². The molecule has 0 aromatic heterocycles. The lowest BCUT2D eigenvalue weighted by molar-refractivity contribution is -0.138. The van der Waals surface area contributed by atoms with Gasteiger partial charge in [-0.2, -0.15) is 13.2 Å². The van der Waals surface area contributed by atoms with Crippen LogP contribution in [0.15, 0.2) is 35.3 Å². The number of nitrogens with two attached hydrogens (primary N) is 1. The van der Waals surface area contributed by atoms with E-state index in [4.69, 9.17) is 10.5 Å². The van der Waals surface area contributed by atoms with E-state index >= 15 is 0 Å². The highest BCUT2D eigenvalue weighted by atomic mass is 127. The Morgan fingerprint density at radius 1 is 1.35 bits per heavy atom. The van der Waals surface area contributed by atoms with Crippen LogP contribution in [0, 0.1) is 0 Å². The van der Waals surface area contributed by atoms with Gasteiger partial charge in [-0.3, -0.25) is 0 Å². The highest BCUT2D eigenvalue weighted by molar-refractivity contribution is 14.0. The maximum absolute atomic E-state index is 13.4. The van der Waals surface area contributed by atoms with Crippen molar-refractivity contribution in [1.82, 2.24) is 5.32 Å². The third kappa shape index (κ3) is 6.67. The van der Waals surface area contributed by atoms with Crippen LogP contribution in [-0.2, 0) is 17.5 Å². The van der Waals surface area contributed by atoms with Gasteiger partial charge in [-0.25, -0.2) is 4.99 Å². The molecule has 1 aromatic carbocycles. The molecule has 0 radical (unpaired) electrons. The molecule has 2 rings (SSSR count). The average Bonchev–Trinajstić information content (AvgIpc) is 2.58. The number of guanidine groups is 1. The van der Waals surface area contributed by atoms with Crippen LogP contribution in [0.3, 0.4) is 0 Å². The molecule has 26 heavy (non-hydrogen) atoms. The first-order chi connectivity index (χ1) is 11.8. The molecule has 1 aliphatic heterocycles. The Kier molecular flexibility index (Phi) is 8.68. The van der Waals surface area contributed by atoms with Gasteiger partial charge in [-0.05, 0) is 24.6 Å². The first kappa shape index (κ1) is 22.6. The number of ether oxygens (including phenoxy) is 1. The second kappa shape index (κ2) is 10.0. The zero-order valence-corrected chi connectivity index (χ0v) is 16.9. The van der Waals surface area contributed by atoms with E-state index in [1.807, 2.05) is 11.8 Å². The van der Waals surface area contributed by atoms with Gasteiger partial charge in [0.25, 0.3) is 0 Å². The molecule has 1 aromatic rings. The molecule has 3 N–H and O–H groups in total. The van der Waals surface area contributed by atoms with E-state index in [0.29, 0.717) is 38.5 Å². The van der Waals surface area contributed by atoms with Gasteiger partial charge in [0.2, 0.25) is 0 Å². The summed E-state index contributed by atoms with van der Waals surface area (Å²) in [5.41, 5.74) is 6.46. The summed E-state index contributed by atoms with van der Waals surface area (Å²) in [7, 11) is 0. The minimum Gasteiger partial charge on any atom is -0.378 e. The first-order valence-electron chi connectivity index (χ1n) is 7.98. The Labute approximate surface area is 168 Å². The highest BCUT2D eigenvalue weighted by Crippen LogP contribution is 2.35. The maximum Gasteiger partial charge on any atom is 0.416 e. The van der Waals surface area contributed by atoms with E-state index < -0.39 is 11.7 Å². The lowest BCUT2D eigenvalue weighted by Gasteiger charge is -2.29. The van der Waals surface area contributed by atoms with Crippen LogP contribution in [0.2, 0.25) is 0 Å². The zero-order chi connectivity index (χ0) is 18.4. The topological polar surface area (TPSA) is 62.9 Å². The minimum absolute atomic E-state index is 0. The largest absolute Gasteiger partial charge is 0.416 e. The summed E-state index contributed by atoms with van der Waals surface area (Å²) in [4.78, 5) is 5.87. The van der Waals surface area contributed by atoms with E-state index in [0.717, 1.165) is 5.57 Å². The highest BCUT2D eigenvalue weighted by Gasteiger charge is 2.34. The Hall–Kier alpha value is -1.49. The number of nitrogens with zero attached hydrogens (tertiary/aromatic N) is 2.